The molecule has 0 aromatic carbocycles. The topological polar surface area (TPSA) is 97.2 Å². The first-order valence-corrected chi connectivity index (χ1v) is 10.2. The highest BCUT2D eigenvalue weighted by Crippen LogP contribution is 2.24. The van der Waals surface area contributed by atoms with Crippen molar-refractivity contribution in [3.63, 3.8) is 0 Å². The van der Waals surface area contributed by atoms with Crippen LogP contribution in [0.15, 0.2) is 0 Å². The van der Waals surface area contributed by atoms with Gasteiger partial charge in [0.2, 0.25) is 6.41 Å². The van der Waals surface area contributed by atoms with Gasteiger partial charge in [-0.05, 0) is 27.7 Å². The van der Waals surface area contributed by atoms with Gasteiger partial charge in [0.05, 0.1) is 25.3 Å². The van der Waals surface area contributed by atoms with E-state index in [2.05, 4.69) is 5.10 Å². The quantitative estimate of drug-likeness (QED) is 0.433. The van der Waals surface area contributed by atoms with Crippen LogP contribution in [0, 0.1) is 6.92 Å². The second kappa shape index (κ2) is 10.2. The third-order valence-electron chi connectivity index (χ3n) is 4.88. The van der Waals surface area contributed by atoms with Crippen molar-refractivity contribution in [3.8, 4) is 0 Å². The van der Waals surface area contributed by atoms with Crippen molar-refractivity contribution in [3.05, 3.63) is 17.0 Å². The Hall–Kier alpha value is -2.76. The second-order valence-corrected chi connectivity index (χ2v) is 8.70. The summed E-state index contributed by atoms with van der Waals surface area (Å²) >= 11 is 0. The monoisotopic (exact) mass is 459 g/mol. The van der Waals surface area contributed by atoms with Crippen molar-refractivity contribution in [2.24, 2.45) is 0 Å². The van der Waals surface area contributed by atoms with Crippen LogP contribution in [-0.2, 0) is 38.7 Å². The number of hydrogen-bond acceptors (Lipinski definition) is 6. The number of hydrogen-bond donors (Lipinski definition) is 0. The molecule has 32 heavy (non-hydrogen) atoms. The molecule has 12 heteroatoms. The fourth-order valence-corrected chi connectivity index (χ4v) is 3.31. The Bertz CT molecular complexity index is 839. The Kier molecular flexibility index (Phi) is 8.16. The average molecular weight is 459 g/mol. The predicted molar refractivity (Wildman–Crippen MR) is 110 cm³/mol. The Morgan fingerprint density at radius 3 is 2.50 bits per heavy atom. The van der Waals surface area contributed by atoms with E-state index in [0.717, 1.165) is 21.2 Å². The molecule has 1 atom stereocenters. The lowest BCUT2D eigenvalue weighted by atomic mass is 10.1. The van der Waals surface area contributed by atoms with Crippen LogP contribution < -0.4 is 0 Å². The maximum absolute atomic E-state index is 12.7. The van der Waals surface area contributed by atoms with E-state index in [1.165, 1.54) is 14.1 Å². The summed E-state index contributed by atoms with van der Waals surface area (Å²) in [6.45, 7) is 7.06. The molecule has 1 aliphatic rings. The first kappa shape index (κ1) is 25.5. The lowest BCUT2D eigenvalue weighted by Gasteiger charge is -2.29. The fraction of sp³-hybridized carbons (Fsp3) is 0.700. The molecule has 2 heterocycles. The number of likely N-dealkylation sites (N-methyl/N-ethyl adjacent to an activating group) is 1. The molecular formula is C20H31F2N5O5. The molecule has 0 N–H and O–H groups in total. The number of halogens is 2. The molecular weight excluding hydrogens is 428 g/mol. The normalized spacial score (nSPS) is 14.7. The van der Waals surface area contributed by atoms with Gasteiger partial charge in [-0.1, -0.05) is 0 Å². The summed E-state index contributed by atoms with van der Waals surface area (Å²) in [6.07, 6.45) is -3.50. The number of carbonyl (C=O) groups is 3. The smallest absolute Gasteiger partial charge is 0.410 e. The molecule has 0 aliphatic carbocycles. The first-order valence-electron chi connectivity index (χ1n) is 10.2. The minimum Gasteiger partial charge on any atom is -0.444 e. The van der Waals surface area contributed by atoms with Crippen LogP contribution in [0.2, 0.25) is 0 Å². The van der Waals surface area contributed by atoms with E-state index in [-0.39, 0.29) is 6.54 Å². The molecule has 10 nitrogen and oxygen atoms in total. The number of hydroxylamine groups is 2. The van der Waals surface area contributed by atoms with Gasteiger partial charge in [-0.3, -0.25) is 19.1 Å². The molecule has 1 aliphatic heterocycles. The highest BCUT2D eigenvalue weighted by atomic mass is 19.3. The van der Waals surface area contributed by atoms with Crippen LogP contribution in [-0.4, -0.2) is 88.4 Å². The zero-order chi connectivity index (χ0) is 24.2. The number of rotatable bonds is 8. The molecule has 180 valence electrons. The summed E-state index contributed by atoms with van der Waals surface area (Å²) < 4.78 is 32.4. The van der Waals surface area contributed by atoms with Crippen LogP contribution in [0.1, 0.15) is 37.7 Å². The van der Waals surface area contributed by atoms with E-state index in [4.69, 9.17) is 9.57 Å². The van der Waals surface area contributed by atoms with Crippen molar-refractivity contribution < 1.29 is 32.7 Å². The average Bonchev–Trinajstić information content (AvgIpc) is 2.99. The summed E-state index contributed by atoms with van der Waals surface area (Å²) in [7, 11) is 2.55. The number of ether oxygens (including phenoxy) is 1. The van der Waals surface area contributed by atoms with Gasteiger partial charge < -0.3 is 14.5 Å². The number of alkyl halides is 2. The van der Waals surface area contributed by atoms with Crippen molar-refractivity contribution >= 4 is 18.4 Å². The Labute approximate surface area is 186 Å². The van der Waals surface area contributed by atoms with Crippen LogP contribution in [0.25, 0.3) is 0 Å². The molecule has 1 aromatic heterocycles. The van der Waals surface area contributed by atoms with E-state index < -0.39 is 36.7 Å². The molecule has 1 unspecified atom stereocenters. The van der Waals surface area contributed by atoms with Crippen molar-refractivity contribution in [2.45, 2.75) is 65.3 Å². The van der Waals surface area contributed by atoms with Crippen molar-refractivity contribution in [1.29, 1.82) is 0 Å². The van der Waals surface area contributed by atoms with Crippen LogP contribution >= 0.6 is 0 Å². The van der Waals surface area contributed by atoms with Gasteiger partial charge in [0.15, 0.2) is 6.10 Å². The van der Waals surface area contributed by atoms with Gasteiger partial charge in [-0.15, -0.1) is 0 Å². The fourth-order valence-electron chi connectivity index (χ4n) is 3.31. The number of fused-ring (bicyclic) bond motifs is 1. The largest absolute Gasteiger partial charge is 0.444 e. The SMILES string of the molecule is Cc1c2c(nn1CC(ON(C)C=O)C(=O)N(C)CC(F)F)CCN(C(=O)OC(C)(C)C)C2. The van der Waals surface area contributed by atoms with E-state index in [1.807, 2.05) is 0 Å². The van der Waals surface area contributed by atoms with Gasteiger partial charge in [0.1, 0.15) is 5.60 Å². The maximum Gasteiger partial charge on any atom is 0.410 e. The summed E-state index contributed by atoms with van der Waals surface area (Å²) in [5.41, 5.74) is 1.70. The molecule has 2 rings (SSSR count). The zero-order valence-corrected chi connectivity index (χ0v) is 19.3. The highest BCUT2D eigenvalue weighted by molar-refractivity contribution is 5.80. The lowest BCUT2D eigenvalue weighted by molar-refractivity contribution is -0.195. The molecule has 0 saturated heterocycles. The minimum atomic E-state index is -2.70. The summed E-state index contributed by atoms with van der Waals surface area (Å²) in [6, 6.07) is 0. The summed E-state index contributed by atoms with van der Waals surface area (Å²) in [5.74, 6) is -0.706. The minimum absolute atomic E-state index is 0.0874. The molecule has 0 radical (unpaired) electrons. The van der Waals surface area contributed by atoms with Crippen LogP contribution in [0.3, 0.4) is 0 Å². The molecule has 3 amide bonds. The third kappa shape index (κ3) is 6.62. The molecule has 0 spiro atoms. The summed E-state index contributed by atoms with van der Waals surface area (Å²) in [4.78, 5) is 43.9. The Morgan fingerprint density at radius 1 is 1.28 bits per heavy atom. The Morgan fingerprint density at radius 2 is 1.94 bits per heavy atom. The van der Waals surface area contributed by atoms with Gasteiger partial charge >= 0.3 is 6.09 Å². The van der Waals surface area contributed by atoms with E-state index in [0.29, 0.717) is 31.6 Å². The molecule has 0 saturated carbocycles. The number of aromatic nitrogens is 2. The number of carbonyl (C=O) groups excluding carboxylic acids is 3. The van der Waals surface area contributed by atoms with Crippen molar-refractivity contribution in [1.82, 2.24) is 24.6 Å². The van der Waals surface area contributed by atoms with E-state index in [1.54, 1.807) is 37.3 Å². The Balaban J connectivity index is 2.21. The highest BCUT2D eigenvalue weighted by Gasteiger charge is 2.32. The maximum atomic E-state index is 12.7. The molecule has 1 aromatic rings. The molecule has 0 bridgehead atoms. The predicted octanol–water partition coefficient (Wildman–Crippen LogP) is 1.60. The first-order chi connectivity index (χ1) is 14.8. The van der Waals surface area contributed by atoms with Crippen molar-refractivity contribution in [2.75, 3.05) is 27.2 Å². The number of amides is 3. The van der Waals surface area contributed by atoms with E-state index in [9.17, 15) is 23.2 Å². The second-order valence-electron chi connectivity index (χ2n) is 8.70. The van der Waals surface area contributed by atoms with Gasteiger partial charge in [-0.2, -0.15) is 5.10 Å². The lowest BCUT2D eigenvalue weighted by Crippen LogP contribution is -2.45. The number of nitrogens with zero attached hydrogens (tertiary/aromatic N) is 5. The standard InChI is InChI=1S/C20H31F2N5O5/c1-13-14-9-26(19(30)31-20(2,3)4)8-7-15(14)23-27(13)10-16(32-25(6)12-28)18(29)24(5)11-17(21)22/h12,16-17H,7-11H2,1-6H3. The van der Waals surface area contributed by atoms with Crippen LogP contribution in [0.5, 0.6) is 0 Å². The third-order valence-corrected chi connectivity index (χ3v) is 4.88. The summed E-state index contributed by atoms with van der Waals surface area (Å²) in [5, 5.41) is 5.33. The van der Waals surface area contributed by atoms with Crippen LogP contribution in [0.4, 0.5) is 13.6 Å². The van der Waals surface area contributed by atoms with Gasteiger partial charge in [0.25, 0.3) is 12.3 Å². The zero-order valence-electron chi connectivity index (χ0n) is 19.3. The van der Waals surface area contributed by atoms with Gasteiger partial charge in [-0.25, -0.2) is 18.6 Å². The molecule has 0 fully saturated rings. The van der Waals surface area contributed by atoms with Gasteiger partial charge in [0, 0.05) is 38.3 Å². The van der Waals surface area contributed by atoms with E-state index >= 15 is 0 Å².